The molecule has 0 amide bonds. The average Bonchev–Trinajstić information content (AvgIpc) is 2.33. The summed E-state index contributed by atoms with van der Waals surface area (Å²) in [6.07, 6.45) is 0. The zero-order valence-electron chi connectivity index (χ0n) is 9.85. The lowest BCUT2D eigenvalue weighted by molar-refractivity contribution is -0.384. The van der Waals surface area contributed by atoms with Gasteiger partial charge in [0.25, 0.3) is 5.69 Å². The van der Waals surface area contributed by atoms with E-state index in [4.69, 9.17) is 11.6 Å². The van der Waals surface area contributed by atoms with Gasteiger partial charge in [0.2, 0.25) is 0 Å². The van der Waals surface area contributed by atoms with Gasteiger partial charge in [0, 0.05) is 10.2 Å². The van der Waals surface area contributed by atoms with Crippen LogP contribution in [0.15, 0.2) is 34.8 Å². The highest BCUT2D eigenvalue weighted by Gasteiger charge is 2.10. The SMILES string of the molecule is Cc1ccc(Nc2cc([N+](=O)[O-])cc(Cl)n2)cc1Br. The van der Waals surface area contributed by atoms with Crippen LogP contribution < -0.4 is 5.32 Å². The van der Waals surface area contributed by atoms with Crippen molar-refractivity contribution in [3.63, 3.8) is 0 Å². The van der Waals surface area contributed by atoms with Crippen molar-refractivity contribution in [2.45, 2.75) is 6.92 Å². The first kappa shape index (κ1) is 13.8. The minimum absolute atomic E-state index is 0.0721. The smallest absolute Gasteiger partial charge is 0.276 e. The molecule has 0 atom stereocenters. The Bertz CT molecular complexity index is 649. The Hall–Kier alpha value is -1.66. The van der Waals surface area contributed by atoms with Gasteiger partial charge in [-0.3, -0.25) is 10.1 Å². The molecule has 0 saturated carbocycles. The average molecular weight is 343 g/mol. The Morgan fingerprint density at radius 2 is 2.11 bits per heavy atom. The number of hydrogen-bond acceptors (Lipinski definition) is 4. The topological polar surface area (TPSA) is 68.1 Å². The van der Waals surface area contributed by atoms with Gasteiger partial charge in [-0.05, 0) is 24.6 Å². The molecule has 0 aliphatic heterocycles. The maximum absolute atomic E-state index is 10.7. The number of nitrogens with zero attached hydrogens (tertiary/aromatic N) is 2. The third kappa shape index (κ3) is 3.42. The van der Waals surface area contributed by atoms with Gasteiger partial charge < -0.3 is 5.32 Å². The van der Waals surface area contributed by atoms with E-state index in [1.807, 2.05) is 25.1 Å². The van der Waals surface area contributed by atoms with E-state index in [1.54, 1.807) is 0 Å². The monoisotopic (exact) mass is 341 g/mol. The zero-order valence-corrected chi connectivity index (χ0v) is 12.2. The van der Waals surface area contributed by atoms with E-state index in [1.165, 1.54) is 12.1 Å². The first-order chi connectivity index (χ1) is 8.95. The number of nitrogens with one attached hydrogen (secondary N) is 1. The molecule has 0 aliphatic carbocycles. The summed E-state index contributed by atoms with van der Waals surface area (Å²) in [5, 5.41) is 13.8. The summed E-state index contributed by atoms with van der Waals surface area (Å²) in [4.78, 5) is 14.2. The molecule has 98 valence electrons. The zero-order chi connectivity index (χ0) is 14.0. The quantitative estimate of drug-likeness (QED) is 0.508. The Morgan fingerprint density at radius 3 is 2.74 bits per heavy atom. The molecule has 2 rings (SSSR count). The molecule has 19 heavy (non-hydrogen) atoms. The Balaban J connectivity index is 2.32. The molecule has 0 bridgehead atoms. The van der Waals surface area contributed by atoms with Crippen LogP contribution in [0.1, 0.15) is 5.56 Å². The maximum Gasteiger partial charge on any atom is 0.276 e. The number of aryl methyl sites for hydroxylation is 1. The van der Waals surface area contributed by atoms with Crippen LogP contribution >= 0.6 is 27.5 Å². The second kappa shape index (κ2) is 5.54. The van der Waals surface area contributed by atoms with Crippen molar-refractivity contribution < 1.29 is 4.92 Å². The molecule has 0 unspecified atom stereocenters. The lowest BCUT2D eigenvalue weighted by Crippen LogP contribution is -1.97. The molecule has 0 spiro atoms. The number of halogens is 2. The summed E-state index contributed by atoms with van der Waals surface area (Å²) in [5.74, 6) is 0.329. The van der Waals surface area contributed by atoms with Crippen LogP contribution in [0.25, 0.3) is 0 Å². The van der Waals surface area contributed by atoms with Gasteiger partial charge in [0.05, 0.1) is 17.1 Å². The van der Waals surface area contributed by atoms with Crippen LogP contribution in [-0.2, 0) is 0 Å². The van der Waals surface area contributed by atoms with Gasteiger partial charge >= 0.3 is 0 Å². The molecular weight excluding hydrogens is 334 g/mol. The number of hydrogen-bond donors (Lipinski definition) is 1. The van der Waals surface area contributed by atoms with Crippen LogP contribution in [0.5, 0.6) is 0 Å². The van der Waals surface area contributed by atoms with E-state index < -0.39 is 4.92 Å². The van der Waals surface area contributed by atoms with Crippen LogP contribution in [-0.4, -0.2) is 9.91 Å². The minimum atomic E-state index is -0.510. The maximum atomic E-state index is 10.7. The molecule has 0 radical (unpaired) electrons. The van der Waals surface area contributed by atoms with Crippen molar-refractivity contribution >= 4 is 44.7 Å². The molecule has 5 nitrogen and oxygen atoms in total. The third-order valence-corrected chi connectivity index (χ3v) is 3.48. The molecule has 0 fully saturated rings. The Morgan fingerprint density at radius 1 is 1.37 bits per heavy atom. The number of pyridine rings is 1. The number of aromatic nitrogens is 1. The molecule has 0 aliphatic rings. The first-order valence-electron chi connectivity index (χ1n) is 5.31. The van der Waals surface area contributed by atoms with Crippen molar-refractivity contribution in [2.24, 2.45) is 0 Å². The van der Waals surface area contributed by atoms with E-state index in [0.29, 0.717) is 5.82 Å². The molecule has 1 aromatic carbocycles. The molecular formula is C12H9BrClN3O2. The van der Waals surface area contributed by atoms with E-state index >= 15 is 0 Å². The summed E-state index contributed by atoms with van der Waals surface area (Å²) in [5.41, 5.74) is 1.76. The predicted octanol–water partition coefficient (Wildman–Crippen LogP) is 4.46. The van der Waals surface area contributed by atoms with Crippen molar-refractivity contribution in [3.8, 4) is 0 Å². The highest BCUT2D eigenvalue weighted by molar-refractivity contribution is 9.10. The summed E-state index contributed by atoms with van der Waals surface area (Å²) in [6, 6.07) is 8.18. The van der Waals surface area contributed by atoms with Crippen LogP contribution in [0.2, 0.25) is 5.15 Å². The molecule has 1 N–H and O–H groups in total. The molecule has 7 heteroatoms. The van der Waals surface area contributed by atoms with Gasteiger partial charge in [-0.25, -0.2) is 4.98 Å². The van der Waals surface area contributed by atoms with Gasteiger partial charge in [-0.15, -0.1) is 0 Å². The number of benzene rings is 1. The van der Waals surface area contributed by atoms with Crippen LogP contribution in [0.4, 0.5) is 17.2 Å². The van der Waals surface area contributed by atoms with Gasteiger partial charge in [0.1, 0.15) is 11.0 Å². The lowest BCUT2D eigenvalue weighted by atomic mass is 10.2. The highest BCUT2D eigenvalue weighted by atomic mass is 79.9. The lowest BCUT2D eigenvalue weighted by Gasteiger charge is -2.07. The molecule has 0 saturated heterocycles. The van der Waals surface area contributed by atoms with Gasteiger partial charge in [-0.2, -0.15) is 0 Å². The fraction of sp³-hybridized carbons (Fsp3) is 0.0833. The summed E-state index contributed by atoms with van der Waals surface area (Å²) >= 11 is 9.17. The van der Waals surface area contributed by atoms with Crippen LogP contribution in [0, 0.1) is 17.0 Å². The van der Waals surface area contributed by atoms with Gasteiger partial charge in [-0.1, -0.05) is 33.6 Å². The second-order valence-electron chi connectivity index (χ2n) is 3.88. The normalized spacial score (nSPS) is 10.3. The van der Waals surface area contributed by atoms with E-state index in [-0.39, 0.29) is 10.8 Å². The van der Waals surface area contributed by atoms with E-state index in [9.17, 15) is 10.1 Å². The fourth-order valence-electron chi connectivity index (χ4n) is 1.47. The van der Waals surface area contributed by atoms with Crippen molar-refractivity contribution in [3.05, 3.63) is 55.6 Å². The van der Waals surface area contributed by atoms with Crippen molar-refractivity contribution in [1.82, 2.24) is 4.98 Å². The molecule has 1 aromatic heterocycles. The number of nitro groups is 1. The summed E-state index contributed by atoms with van der Waals surface area (Å²) < 4.78 is 0.939. The van der Waals surface area contributed by atoms with Crippen molar-refractivity contribution in [1.29, 1.82) is 0 Å². The molecule has 2 aromatic rings. The van der Waals surface area contributed by atoms with Crippen LogP contribution in [0.3, 0.4) is 0 Å². The standard InChI is InChI=1S/C12H9BrClN3O2/c1-7-2-3-8(4-10(7)13)15-12-6-9(17(18)19)5-11(14)16-12/h2-6H,1H3,(H,15,16). The number of anilines is 2. The largest absolute Gasteiger partial charge is 0.340 e. The second-order valence-corrected chi connectivity index (χ2v) is 5.12. The van der Waals surface area contributed by atoms with Gasteiger partial charge in [0.15, 0.2) is 0 Å². The van der Waals surface area contributed by atoms with E-state index in [2.05, 4.69) is 26.2 Å². The number of rotatable bonds is 3. The summed E-state index contributed by atoms with van der Waals surface area (Å²) in [7, 11) is 0. The molecule has 1 heterocycles. The van der Waals surface area contributed by atoms with Crippen molar-refractivity contribution in [2.75, 3.05) is 5.32 Å². The Kier molecular flexibility index (Phi) is 4.01. The predicted molar refractivity (Wildman–Crippen MR) is 78.1 cm³/mol. The summed E-state index contributed by atoms with van der Waals surface area (Å²) in [6.45, 7) is 1.97. The fourth-order valence-corrected chi connectivity index (χ4v) is 2.05. The first-order valence-corrected chi connectivity index (χ1v) is 6.48. The minimum Gasteiger partial charge on any atom is -0.340 e. The third-order valence-electron chi connectivity index (χ3n) is 2.43. The highest BCUT2D eigenvalue weighted by Crippen LogP contribution is 2.26. The Labute approximate surface area is 122 Å². The van der Waals surface area contributed by atoms with E-state index in [0.717, 1.165) is 15.7 Å².